The molecule has 17 heteroatoms. The van der Waals surface area contributed by atoms with Crippen molar-refractivity contribution in [3.63, 3.8) is 0 Å². The maximum absolute atomic E-state index is 13.6. The van der Waals surface area contributed by atoms with Gasteiger partial charge in [-0.2, -0.15) is 13.2 Å². The molecule has 0 aliphatic rings. The molecule has 2 amide bonds. The molecule has 0 atom stereocenters. The van der Waals surface area contributed by atoms with E-state index in [0.717, 1.165) is 24.4 Å². The van der Waals surface area contributed by atoms with Crippen LogP contribution in [0, 0.1) is 6.92 Å². The van der Waals surface area contributed by atoms with Gasteiger partial charge >= 0.3 is 12.5 Å². The van der Waals surface area contributed by atoms with Gasteiger partial charge in [-0.05, 0) is 54.2 Å². The Bertz CT molecular complexity index is 1450. The lowest BCUT2D eigenvalue weighted by molar-refractivity contribution is -0.274. The molecule has 0 unspecified atom stereocenters. The first kappa shape index (κ1) is 30.2. The normalized spacial score (nSPS) is 12.0. The van der Waals surface area contributed by atoms with E-state index in [-0.39, 0.29) is 16.9 Å². The minimum absolute atomic E-state index is 0.0494. The summed E-state index contributed by atoms with van der Waals surface area (Å²) in [6, 6.07) is 5.81. The Balaban J connectivity index is 2.11. The summed E-state index contributed by atoms with van der Waals surface area (Å²) in [5.41, 5.74) is 2.77. The first-order chi connectivity index (χ1) is 18.3. The van der Waals surface area contributed by atoms with Gasteiger partial charge in [0, 0.05) is 18.0 Å². The van der Waals surface area contributed by atoms with Gasteiger partial charge in [0.1, 0.15) is 40.7 Å². The van der Waals surface area contributed by atoms with E-state index in [1.807, 2.05) is 0 Å². The van der Waals surface area contributed by atoms with E-state index in [0.29, 0.717) is 18.2 Å². The predicted molar refractivity (Wildman–Crippen MR) is 131 cm³/mol. The number of ether oxygens (including phenoxy) is 3. The highest BCUT2D eigenvalue weighted by Gasteiger charge is 2.34. The molecule has 0 bridgehead atoms. The van der Waals surface area contributed by atoms with Crippen LogP contribution in [0.4, 0.5) is 32.0 Å². The van der Waals surface area contributed by atoms with Gasteiger partial charge in [-0.3, -0.25) is 14.6 Å². The molecule has 40 heavy (non-hydrogen) atoms. The van der Waals surface area contributed by atoms with Crippen LogP contribution in [0.3, 0.4) is 0 Å². The Morgan fingerprint density at radius 2 is 1.60 bits per heavy atom. The van der Waals surface area contributed by atoms with Crippen molar-refractivity contribution in [3.05, 3.63) is 71.0 Å². The zero-order valence-electron chi connectivity index (χ0n) is 20.2. The van der Waals surface area contributed by atoms with Crippen LogP contribution in [0.25, 0.3) is 0 Å². The maximum Gasteiger partial charge on any atom is 0.573 e. The third-order valence-electron chi connectivity index (χ3n) is 4.76. The van der Waals surface area contributed by atoms with Gasteiger partial charge in [0.15, 0.2) is 11.5 Å². The fourth-order valence-electron chi connectivity index (χ4n) is 3.23. The van der Waals surface area contributed by atoms with E-state index in [1.165, 1.54) is 13.0 Å². The molecule has 0 aliphatic heterocycles. The Labute approximate surface area is 226 Å². The Morgan fingerprint density at radius 3 is 2.17 bits per heavy atom. The number of hydrogen-bond donors (Lipinski definition) is 2. The van der Waals surface area contributed by atoms with Gasteiger partial charge < -0.3 is 25.3 Å². The van der Waals surface area contributed by atoms with Crippen molar-refractivity contribution >= 4 is 41.0 Å². The second-order valence-corrected chi connectivity index (χ2v) is 8.13. The van der Waals surface area contributed by atoms with Crippen molar-refractivity contribution in [2.45, 2.75) is 24.8 Å². The molecule has 3 rings (SSSR count). The van der Waals surface area contributed by atoms with Gasteiger partial charge in [-0.25, -0.2) is 0 Å². The highest BCUT2D eigenvalue weighted by molar-refractivity contribution is 6.58. The number of primary amides is 1. The van der Waals surface area contributed by atoms with E-state index in [1.54, 1.807) is 0 Å². The number of carbonyl (C=O) groups is 2. The maximum atomic E-state index is 13.6. The number of halogens is 6. The summed E-state index contributed by atoms with van der Waals surface area (Å²) in [6.45, 7) is 1.18. The van der Waals surface area contributed by atoms with Crippen LogP contribution in [-0.2, 0) is 6.18 Å². The number of alkyl halides is 6. The first-order valence-electron chi connectivity index (χ1n) is 10.7. The van der Waals surface area contributed by atoms with Crippen LogP contribution in [0.2, 0.25) is 0 Å². The minimum atomic E-state index is -5.10. The fourth-order valence-corrected chi connectivity index (χ4v) is 3.23. The van der Waals surface area contributed by atoms with Crippen molar-refractivity contribution in [3.8, 4) is 23.0 Å². The smallest absolute Gasteiger partial charge is 0.512 e. The molecule has 0 fully saturated rings. The Hall–Kier alpha value is -4.30. The number of aryl methyl sites for hydroxylation is 1. The number of benzene rings is 2. The standard InChI is InChI=1S/C23H14B3F6N3O5/c1-10-6-11(21(27,28)29)7-14(20(37)35-12-4-5-34-15(8-12)19(33)36)18(10)38-16-3-2-13(39-23(30,31)32)9-17(16)40-22(24,25)26/h2-9H,1H3,(H2,33,36)(H,34,35,37). The number of anilines is 1. The lowest BCUT2D eigenvalue weighted by atomic mass is 9.52. The zero-order valence-corrected chi connectivity index (χ0v) is 20.2. The van der Waals surface area contributed by atoms with E-state index in [9.17, 15) is 35.9 Å². The highest BCUT2D eigenvalue weighted by Crippen LogP contribution is 2.41. The molecule has 202 valence electrons. The average Bonchev–Trinajstić information content (AvgIpc) is 2.79. The van der Waals surface area contributed by atoms with E-state index < -0.39 is 63.8 Å². The van der Waals surface area contributed by atoms with Crippen molar-refractivity contribution in [2.75, 3.05) is 5.32 Å². The van der Waals surface area contributed by atoms with E-state index in [2.05, 4.69) is 15.0 Å². The summed E-state index contributed by atoms with van der Waals surface area (Å²) in [4.78, 5) is 28.2. The number of amides is 2. The summed E-state index contributed by atoms with van der Waals surface area (Å²) >= 11 is 0. The highest BCUT2D eigenvalue weighted by atomic mass is 19.4. The SMILES string of the molecule is [B]C([B])([B])Oc1cc(OC(F)(F)F)ccc1Oc1c(C)cc(C(F)(F)F)cc1C(=O)Nc1ccnc(C(N)=O)c1. The van der Waals surface area contributed by atoms with Gasteiger partial charge in [0.05, 0.1) is 11.1 Å². The number of nitrogens with one attached hydrogen (secondary N) is 1. The van der Waals surface area contributed by atoms with Crippen molar-refractivity contribution < 1.29 is 50.1 Å². The monoisotopic (exact) mass is 559 g/mol. The molecule has 8 nitrogen and oxygen atoms in total. The predicted octanol–water partition coefficient (Wildman–Crippen LogP) is 3.95. The molecule has 6 radical (unpaired) electrons. The third-order valence-corrected chi connectivity index (χ3v) is 4.76. The van der Waals surface area contributed by atoms with Crippen molar-refractivity contribution in [1.29, 1.82) is 0 Å². The molecular weight excluding hydrogens is 545 g/mol. The molecule has 0 spiro atoms. The zero-order chi connectivity index (χ0) is 30.0. The van der Waals surface area contributed by atoms with Crippen LogP contribution in [0.1, 0.15) is 32.0 Å². The number of aromatic nitrogens is 1. The largest absolute Gasteiger partial charge is 0.573 e. The number of rotatable bonds is 8. The second-order valence-electron chi connectivity index (χ2n) is 8.13. The van der Waals surface area contributed by atoms with Gasteiger partial charge in [0.25, 0.3) is 11.8 Å². The van der Waals surface area contributed by atoms with Gasteiger partial charge in [-0.15, -0.1) is 13.2 Å². The third kappa shape index (κ3) is 8.10. The van der Waals surface area contributed by atoms with E-state index in [4.69, 9.17) is 38.7 Å². The Kier molecular flexibility index (Phi) is 8.36. The molecule has 0 aliphatic carbocycles. The minimum Gasteiger partial charge on any atom is -0.512 e. The number of nitrogens with zero attached hydrogens (tertiary/aromatic N) is 1. The van der Waals surface area contributed by atoms with Crippen LogP contribution in [0.5, 0.6) is 23.0 Å². The lowest BCUT2D eigenvalue weighted by Crippen LogP contribution is -2.37. The second kappa shape index (κ2) is 11.1. The summed E-state index contributed by atoms with van der Waals surface area (Å²) in [7, 11) is 16.2. The molecule has 0 saturated carbocycles. The first-order valence-corrected chi connectivity index (χ1v) is 10.7. The summed E-state index contributed by atoms with van der Waals surface area (Å²) in [5, 5.41) is -0.138. The van der Waals surface area contributed by atoms with Crippen LogP contribution < -0.4 is 25.3 Å². The number of hydrogen-bond acceptors (Lipinski definition) is 6. The Morgan fingerprint density at radius 1 is 0.925 bits per heavy atom. The molecule has 1 heterocycles. The summed E-state index contributed by atoms with van der Waals surface area (Å²) in [5.74, 6) is -4.38. The van der Waals surface area contributed by atoms with Gasteiger partial charge in [-0.1, -0.05) is 0 Å². The molecular formula is C23H14B3F6N3O5. The fraction of sp³-hybridized carbons (Fsp3) is 0.174. The van der Waals surface area contributed by atoms with Crippen LogP contribution in [0.15, 0.2) is 48.7 Å². The topological polar surface area (TPSA) is 113 Å². The lowest BCUT2D eigenvalue weighted by Gasteiger charge is -2.26. The molecule has 0 saturated heterocycles. The molecule has 2 aromatic carbocycles. The van der Waals surface area contributed by atoms with Crippen LogP contribution >= 0.6 is 0 Å². The number of carbonyl (C=O) groups excluding carboxylic acids is 2. The van der Waals surface area contributed by atoms with Crippen LogP contribution in [-0.4, -0.2) is 52.0 Å². The van der Waals surface area contributed by atoms with E-state index >= 15 is 0 Å². The molecule has 3 N–H and O–H groups in total. The van der Waals surface area contributed by atoms with Gasteiger partial charge in [0.2, 0.25) is 0 Å². The molecule has 3 aromatic rings. The summed E-state index contributed by atoms with van der Waals surface area (Å²) < 4.78 is 93.3. The summed E-state index contributed by atoms with van der Waals surface area (Å²) in [6.07, 6.45) is -8.85. The van der Waals surface area contributed by atoms with Crippen molar-refractivity contribution in [1.82, 2.24) is 4.98 Å². The average molecular weight is 559 g/mol. The number of pyridine rings is 1. The van der Waals surface area contributed by atoms with Crippen molar-refractivity contribution in [2.24, 2.45) is 5.73 Å². The molecule has 1 aromatic heterocycles. The quantitative estimate of drug-likeness (QED) is 0.320. The number of nitrogens with two attached hydrogens (primary N) is 1.